The first-order chi connectivity index (χ1) is 18.2. The lowest BCUT2D eigenvalue weighted by atomic mass is 10.1. The van der Waals surface area contributed by atoms with Gasteiger partial charge in [-0.25, -0.2) is 20.8 Å². The molecule has 196 valence electrons. The van der Waals surface area contributed by atoms with Crippen molar-refractivity contribution in [3.8, 4) is 17.3 Å². The molecule has 12 heteroatoms. The van der Waals surface area contributed by atoms with Crippen molar-refractivity contribution in [1.82, 2.24) is 24.9 Å². The van der Waals surface area contributed by atoms with Gasteiger partial charge < -0.3 is 26.5 Å². The zero-order valence-corrected chi connectivity index (χ0v) is 21.0. The average molecular weight is 515 g/mol. The number of aliphatic carboxylic acids is 1. The van der Waals surface area contributed by atoms with E-state index in [2.05, 4.69) is 27.9 Å². The molecule has 7 N–H and O–H groups in total. The van der Waals surface area contributed by atoms with Gasteiger partial charge in [-0.2, -0.15) is 5.26 Å². The number of anilines is 2. The molecule has 1 aliphatic heterocycles. The summed E-state index contributed by atoms with van der Waals surface area (Å²) in [7, 11) is 0. The number of hydrogen-bond acceptors (Lipinski definition) is 11. The Labute approximate surface area is 220 Å². The molecule has 1 unspecified atom stereocenters. The van der Waals surface area contributed by atoms with Gasteiger partial charge in [0.05, 0.1) is 47.5 Å². The van der Waals surface area contributed by atoms with E-state index in [1.54, 1.807) is 30.5 Å². The maximum Gasteiger partial charge on any atom is 0.317 e. The Hall–Kier alpha value is -4.73. The SMILES string of the molecule is CC1CN(CC(=O)O)CCN1c1cccc(CN(N)/C=C(\N)c2cc(-c3cccc(C#N)c3)nc(N)n2)n1. The standard InChI is InChI=1S/C26H30N10O2/c1-17-13-34(16-25(37)38)8-9-36(17)24-7-3-6-20(31-24)14-35(30)15-21(28)23-11-22(32-26(29)33-23)19-5-2-4-18(10-19)12-27/h2-7,10-11,15,17H,8-9,13-14,16,28,30H2,1H3,(H,37,38)(H2,29,32,33)/b21-15-. The molecule has 0 radical (unpaired) electrons. The van der Waals surface area contributed by atoms with E-state index in [0.717, 1.165) is 17.1 Å². The fraction of sp³-hybridized carbons (Fsp3) is 0.269. The maximum absolute atomic E-state index is 11.0. The van der Waals surface area contributed by atoms with Crippen molar-refractivity contribution in [2.45, 2.75) is 19.5 Å². The summed E-state index contributed by atoms with van der Waals surface area (Å²) in [4.78, 5) is 28.4. The molecule has 0 saturated carbocycles. The zero-order chi connectivity index (χ0) is 27.2. The van der Waals surface area contributed by atoms with Crippen LogP contribution in [0.2, 0.25) is 0 Å². The summed E-state index contributed by atoms with van der Waals surface area (Å²) in [6.45, 7) is 4.35. The predicted molar refractivity (Wildman–Crippen MR) is 144 cm³/mol. The highest BCUT2D eigenvalue weighted by Crippen LogP contribution is 2.22. The number of carbonyl (C=O) groups is 1. The minimum absolute atomic E-state index is 0.0350. The number of aromatic nitrogens is 3. The molecule has 12 nitrogen and oxygen atoms in total. The van der Waals surface area contributed by atoms with Gasteiger partial charge in [0, 0.05) is 37.4 Å². The summed E-state index contributed by atoms with van der Waals surface area (Å²) >= 11 is 0. The van der Waals surface area contributed by atoms with Crippen LogP contribution < -0.4 is 22.2 Å². The Morgan fingerprint density at radius 3 is 2.74 bits per heavy atom. The number of piperazine rings is 1. The Morgan fingerprint density at radius 1 is 1.21 bits per heavy atom. The lowest BCUT2D eigenvalue weighted by Gasteiger charge is -2.40. The van der Waals surface area contributed by atoms with E-state index >= 15 is 0 Å². The van der Waals surface area contributed by atoms with E-state index in [1.165, 1.54) is 5.01 Å². The van der Waals surface area contributed by atoms with Gasteiger partial charge in [-0.3, -0.25) is 9.69 Å². The third-order valence-electron chi connectivity index (χ3n) is 6.13. The Balaban J connectivity index is 1.46. The molecule has 0 bridgehead atoms. The summed E-state index contributed by atoms with van der Waals surface area (Å²) in [5.74, 6) is 6.27. The number of rotatable bonds is 8. The molecular weight excluding hydrogens is 484 g/mol. The van der Waals surface area contributed by atoms with E-state index in [0.29, 0.717) is 48.8 Å². The second-order valence-electron chi connectivity index (χ2n) is 9.10. The van der Waals surface area contributed by atoms with Gasteiger partial charge in [0.15, 0.2) is 0 Å². The molecule has 1 saturated heterocycles. The van der Waals surface area contributed by atoms with Crippen molar-refractivity contribution < 1.29 is 9.90 Å². The first kappa shape index (κ1) is 26.3. The Bertz CT molecular complexity index is 1390. The number of nitrogens with zero attached hydrogens (tertiary/aromatic N) is 7. The topological polar surface area (TPSA) is 188 Å². The number of nitriles is 1. The molecule has 0 amide bonds. The molecule has 1 aliphatic rings. The second kappa shape index (κ2) is 11.5. The third kappa shape index (κ3) is 6.52. The highest BCUT2D eigenvalue weighted by Gasteiger charge is 2.25. The van der Waals surface area contributed by atoms with E-state index in [9.17, 15) is 10.1 Å². The van der Waals surface area contributed by atoms with Crippen molar-refractivity contribution >= 4 is 23.4 Å². The molecule has 4 rings (SSSR count). The molecule has 1 aromatic carbocycles. The van der Waals surface area contributed by atoms with Gasteiger partial charge in [-0.15, -0.1) is 0 Å². The first-order valence-corrected chi connectivity index (χ1v) is 12.0. The van der Waals surface area contributed by atoms with Gasteiger partial charge >= 0.3 is 5.97 Å². The predicted octanol–water partition coefficient (Wildman–Crippen LogP) is 1.22. The quantitative estimate of drug-likeness (QED) is 0.249. The highest BCUT2D eigenvalue weighted by molar-refractivity contribution is 5.69. The summed E-state index contributed by atoms with van der Waals surface area (Å²) in [6, 6.07) is 16.7. The number of benzene rings is 1. The summed E-state index contributed by atoms with van der Waals surface area (Å²) in [6.07, 6.45) is 1.55. The number of hydrazine groups is 1. The van der Waals surface area contributed by atoms with Crippen LogP contribution in [-0.2, 0) is 11.3 Å². The van der Waals surface area contributed by atoms with Crippen LogP contribution in [0.15, 0.2) is 54.7 Å². The minimum Gasteiger partial charge on any atom is -0.480 e. The largest absolute Gasteiger partial charge is 0.480 e. The Morgan fingerprint density at radius 2 is 2.00 bits per heavy atom. The molecular formula is C26H30N10O2. The molecule has 0 spiro atoms. The average Bonchev–Trinajstić information content (AvgIpc) is 2.88. The van der Waals surface area contributed by atoms with Crippen LogP contribution in [0.4, 0.5) is 11.8 Å². The fourth-order valence-electron chi connectivity index (χ4n) is 4.41. The number of nitrogens with two attached hydrogens (primary N) is 3. The molecule has 1 fully saturated rings. The van der Waals surface area contributed by atoms with Crippen molar-refractivity contribution in [1.29, 1.82) is 5.26 Å². The van der Waals surface area contributed by atoms with Crippen LogP contribution in [-0.4, -0.2) is 68.2 Å². The van der Waals surface area contributed by atoms with E-state index in [4.69, 9.17) is 27.4 Å². The molecule has 0 aliphatic carbocycles. The van der Waals surface area contributed by atoms with Gasteiger partial charge in [0.25, 0.3) is 0 Å². The Kier molecular flexibility index (Phi) is 8.00. The van der Waals surface area contributed by atoms with E-state index < -0.39 is 5.97 Å². The molecule has 2 aromatic heterocycles. The van der Waals surface area contributed by atoms with Crippen LogP contribution >= 0.6 is 0 Å². The highest BCUT2D eigenvalue weighted by atomic mass is 16.4. The third-order valence-corrected chi connectivity index (χ3v) is 6.13. The van der Waals surface area contributed by atoms with Crippen LogP contribution in [0.5, 0.6) is 0 Å². The van der Waals surface area contributed by atoms with Crippen molar-refractivity contribution in [3.05, 3.63) is 71.7 Å². The molecule has 3 heterocycles. The number of carboxylic acid groups (broad SMARTS) is 1. The summed E-state index contributed by atoms with van der Waals surface area (Å²) < 4.78 is 0. The van der Waals surface area contributed by atoms with Gasteiger partial charge in [-0.1, -0.05) is 18.2 Å². The monoisotopic (exact) mass is 514 g/mol. The second-order valence-corrected chi connectivity index (χ2v) is 9.10. The van der Waals surface area contributed by atoms with Crippen LogP contribution in [0, 0.1) is 11.3 Å². The van der Waals surface area contributed by atoms with Crippen LogP contribution in [0.25, 0.3) is 17.0 Å². The van der Waals surface area contributed by atoms with Crippen LogP contribution in [0.1, 0.15) is 23.9 Å². The summed E-state index contributed by atoms with van der Waals surface area (Å²) in [5, 5.41) is 19.7. The molecule has 38 heavy (non-hydrogen) atoms. The number of hydrogen-bond donors (Lipinski definition) is 4. The fourth-order valence-corrected chi connectivity index (χ4v) is 4.41. The van der Waals surface area contributed by atoms with Crippen LogP contribution in [0.3, 0.4) is 0 Å². The maximum atomic E-state index is 11.0. The molecule has 1 atom stereocenters. The molecule has 3 aromatic rings. The van der Waals surface area contributed by atoms with Gasteiger partial charge in [0.2, 0.25) is 5.95 Å². The lowest BCUT2D eigenvalue weighted by Crippen LogP contribution is -2.53. The first-order valence-electron chi connectivity index (χ1n) is 12.0. The smallest absolute Gasteiger partial charge is 0.317 e. The van der Waals surface area contributed by atoms with Crippen molar-refractivity contribution in [2.24, 2.45) is 11.6 Å². The van der Waals surface area contributed by atoms with Gasteiger partial charge in [0.1, 0.15) is 5.82 Å². The minimum atomic E-state index is -0.824. The number of carboxylic acids is 1. The summed E-state index contributed by atoms with van der Waals surface area (Å²) in [5.41, 5.74) is 15.4. The number of pyridine rings is 1. The van der Waals surface area contributed by atoms with Gasteiger partial charge in [-0.05, 0) is 37.3 Å². The number of nitrogen functional groups attached to an aromatic ring is 1. The van der Waals surface area contributed by atoms with Crippen molar-refractivity contribution in [3.63, 3.8) is 0 Å². The van der Waals surface area contributed by atoms with E-state index in [1.807, 2.05) is 29.2 Å². The zero-order valence-electron chi connectivity index (χ0n) is 21.0. The lowest BCUT2D eigenvalue weighted by molar-refractivity contribution is -0.138. The van der Waals surface area contributed by atoms with E-state index in [-0.39, 0.29) is 18.5 Å². The van der Waals surface area contributed by atoms with Crippen molar-refractivity contribution in [2.75, 3.05) is 36.8 Å². The normalized spacial score (nSPS) is 16.2.